The van der Waals surface area contributed by atoms with Gasteiger partial charge in [-0.2, -0.15) is 0 Å². The van der Waals surface area contributed by atoms with Crippen molar-refractivity contribution in [3.8, 4) is 16.9 Å². The average molecular weight is 287 g/mol. The quantitative estimate of drug-likeness (QED) is 0.857. The predicted octanol–water partition coefficient (Wildman–Crippen LogP) is 4.34. The third-order valence-corrected chi connectivity index (χ3v) is 3.86. The molecule has 0 heterocycles. The van der Waals surface area contributed by atoms with Crippen LogP contribution in [0.25, 0.3) is 11.1 Å². The summed E-state index contributed by atoms with van der Waals surface area (Å²) in [7, 11) is 1.60. The summed E-state index contributed by atoms with van der Waals surface area (Å²) >= 11 is 0. The van der Waals surface area contributed by atoms with Crippen molar-refractivity contribution < 1.29 is 9.13 Å². The van der Waals surface area contributed by atoms with Crippen LogP contribution in [0, 0.1) is 5.82 Å². The zero-order valence-corrected chi connectivity index (χ0v) is 12.6. The van der Waals surface area contributed by atoms with Gasteiger partial charge in [-0.3, -0.25) is 0 Å². The maximum atomic E-state index is 13.5. The van der Waals surface area contributed by atoms with E-state index >= 15 is 0 Å². The van der Waals surface area contributed by atoms with Crippen LogP contribution in [0.3, 0.4) is 0 Å². The van der Waals surface area contributed by atoms with E-state index < -0.39 is 0 Å². The summed E-state index contributed by atoms with van der Waals surface area (Å²) in [6.45, 7) is 2.86. The summed E-state index contributed by atoms with van der Waals surface area (Å²) < 4.78 is 18.8. The van der Waals surface area contributed by atoms with E-state index in [9.17, 15) is 4.39 Å². The Hall–Kier alpha value is -1.87. The third-order valence-electron chi connectivity index (χ3n) is 3.86. The molecule has 21 heavy (non-hydrogen) atoms. The zero-order valence-electron chi connectivity index (χ0n) is 12.6. The Morgan fingerprint density at radius 2 is 1.86 bits per heavy atom. The van der Waals surface area contributed by atoms with E-state index in [1.165, 1.54) is 17.7 Å². The summed E-state index contributed by atoms with van der Waals surface area (Å²) in [5, 5.41) is 0. The molecule has 0 aliphatic rings. The molecule has 112 valence electrons. The minimum Gasteiger partial charge on any atom is -0.496 e. The van der Waals surface area contributed by atoms with Crippen molar-refractivity contribution >= 4 is 0 Å². The van der Waals surface area contributed by atoms with Gasteiger partial charge in [-0.15, -0.1) is 0 Å². The number of hydrogen-bond donors (Lipinski definition) is 1. The maximum Gasteiger partial charge on any atom is 0.126 e. The zero-order chi connectivity index (χ0) is 15.2. The number of benzene rings is 2. The Labute approximate surface area is 125 Å². The van der Waals surface area contributed by atoms with Gasteiger partial charge < -0.3 is 10.5 Å². The van der Waals surface area contributed by atoms with Crippen LogP contribution in [0.2, 0.25) is 0 Å². The van der Waals surface area contributed by atoms with Gasteiger partial charge in [-0.25, -0.2) is 4.39 Å². The highest BCUT2D eigenvalue weighted by atomic mass is 19.1. The van der Waals surface area contributed by atoms with Gasteiger partial charge in [0.05, 0.1) is 7.11 Å². The molecule has 3 heteroatoms. The van der Waals surface area contributed by atoms with Crippen LogP contribution in [-0.2, 0) is 0 Å². The second kappa shape index (κ2) is 7.23. The lowest BCUT2D eigenvalue weighted by atomic mass is 9.91. The first-order valence-corrected chi connectivity index (χ1v) is 7.33. The molecule has 0 spiro atoms. The Bertz CT molecular complexity index is 580. The molecule has 0 fully saturated rings. The molecule has 2 nitrogen and oxygen atoms in total. The summed E-state index contributed by atoms with van der Waals surface area (Å²) in [5.41, 5.74) is 8.67. The molecule has 2 N–H and O–H groups in total. The largest absolute Gasteiger partial charge is 0.496 e. The fourth-order valence-electron chi connectivity index (χ4n) is 2.65. The van der Waals surface area contributed by atoms with Crippen molar-refractivity contribution in [2.24, 2.45) is 5.73 Å². The molecule has 0 bridgehead atoms. The predicted molar refractivity (Wildman–Crippen MR) is 85.1 cm³/mol. The molecule has 0 saturated carbocycles. The second-order valence-electron chi connectivity index (χ2n) is 5.15. The van der Waals surface area contributed by atoms with E-state index in [-0.39, 0.29) is 5.82 Å². The standard InChI is InChI=1S/C18H22FNO/c1-3-13(10-11-20)14-4-6-15(7-5-14)17-12-16(19)8-9-18(17)21-2/h4-9,12-13H,3,10-11,20H2,1-2H3. The van der Waals surface area contributed by atoms with Crippen LogP contribution in [0.5, 0.6) is 5.75 Å². The number of halogens is 1. The Morgan fingerprint density at radius 1 is 1.14 bits per heavy atom. The maximum absolute atomic E-state index is 13.5. The van der Waals surface area contributed by atoms with E-state index in [0.717, 1.165) is 24.0 Å². The first-order chi connectivity index (χ1) is 10.2. The van der Waals surface area contributed by atoms with Gasteiger partial charge in [-0.05, 0) is 54.6 Å². The van der Waals surface area contributed by atoms with Crippen LogP contribution in [0.1, 0.15) is 31.2 Å². The van der Waals surface area contributed by atoms with Crippen molar-refractivity contribution in [2.75, 3.05) is 13.7 Å². The summed E-state index contributed by atoms with van der Waals surface area (Å²) in [4.78, 5) is 0. The molecule has 0 saturated heterocycles. The molecule has 0 radical (unpaired) electrons. The van der Waals surface area contributed by atoms with E-state index in [0.29, 0.717) is 18.2 Å². The Balaban J connectivity index is 2.32. The highest BCUT2D eigenvalue weighted by Gasteiger charge is 2.11. The highest BCUT2D eigenvalue weighted by molar-refractivity contribution is 5.70. The van der Waals surface area contributed by atoms with E-state index in [1.807, 2.05) is 12.1 Å². The molecular formula is C18H22FNO. The van der Waals surface area contributed by atoms with E-state index in [1.54, 1.807) is 13.2 Å². The van der Waals surface area contributed by atoms with Gasteiger partial charge >= 0.3 is 0 Å². The third kappa shape index (κ3) is 3.61. The second-order valence-corrected chi connectivity index (χ2v) is 5.15. The van der Waals surface area contributed by atoms with Crippen molar-refractivity contribution in [1.82, 2.24) is 0 Å². The van der Waals surface area contributed by atoms with Crippen molar-refractivity contribution in [3.63, 3.8) is 0 Å². The van der Waals surface area contributed by atoms with Crippen molar-refractivity contribution in [3.05, 3.63) is 53.8 Å². The summed E-state index contributed by atoms with van der Waals surface area (Å²) in [5.74, 6) is 0.904. The van der Waals surface area contributed by atoms with Gasteiger partial charge in [0.15, 0.2) is 0 Å². The van der Waals surface area contributed by atoms with E-state index in [2.05, 4.69) is 19.1 Å². The van der Waals surface area contributed by atoms with Gasteiger partial charge in [0.25, 0.3) is 0 Å². The fourth-order valence-corrected chi connectivity index (χ4v) is 2.65. The van der Waals surface area contributed by atoms with Gasteiger partial charge in [-0.1, -0.05) is 31.2 Å². The topological polar surface area (TPSA) is 35.2 Å². The number of methoxy groups -OCH3 is 1. The summed E-state index contributed by atoms with van der Waals surface area (Å²) in [6.07, 6.45) is 2.05. The number of nitrogens with two attached hydrogens (primary N) is 1. The number of rotatable bonds is 6. The van der Waals surface area contributed by atoms with Crippen LogP contribution >= 0.6 is 0 Å². The molecule has 2 aromatic rings. The lowest BCUT2D eigenvalue weighted by Gasteiger charge is -2.15. The molecule has 0 amide bonds. The number of ether oxygens (including phenoxy) is 1. The molecular weight excluding hydrogens is 265 g/mol. The van der Waals surface area contributed by atoms with Crippen LogP contribution in [-0.4, -0.2) is 13.7 Å². The van der Waals surface area contributed by atoms with Crippen molar-refractivity contribution in [2.45, 2.75) is 25.7 Å². The lowest BCUT2D eigenvalue weighted by molar-refractivity contribution is 0.415. The summed E-state index contributed by atoms with van der Waals surface area (Å²) in [6, 6.07) is 12.8. The van der Waals surface area contributed by atoms with Crippen LogP contribution in [0.4, 0.5) is 4.39 Å². The average Bonchev–Trinajstić information content (AvgIpc) is 2.53. The first kappa shape index (κ1) is 15.5. The van der Waals surface area contributed by atoms with Gasteiger partial charge in [0.2, 0.25) is 0 Å². The monoisotopic (exact) mass is 287 g/mol. The molecule has 1 atom stereocenters. The smallest absolute Gasteiger partial charge is 0.126 e. The van der Waals surface area contributed by atoms with Crippen molar-refractivity contribution in [1.29, 1.82) is 0 Å². The number of hydrogen-bond acceptors (Lipinski definition) is 2. The van der Waals surface area contributed by atoms with Gasteiger partial charge in [0.1, 0.15) is 11.6 Å². The SMILES string of the molecule is CCC(CCN)c1ccc(-c2cc(F)ccc2OC)cc1. The van der Waals surface area contributed by atoms with Gasteiger partial charge in [0, 0.05) is 5.56 Å². The van der Waals surface area contributed by atoms with Crippen LogP contribution < -0.4 is 10.5 Å². The molecule has 0 aliphatic carbocycles. The normalized spacial score (nSPS) is 12.2. The Morgan fingerprint density at radius 3 is 2.43 bits per heavy atom. The Kier molecular flexibility index (Phi) is 5.34. The fraction of sp³-hybridized carbons (Fsp3) is 0.333. The highest BCUT2D eigenvalue weighted by Crippen LogP contribution is 2.32. The molecule has 1 unspecified atom stereocenters. The minimum atomic E-state index is -0.260. The van der Waals surface area contributed by atoms with E-state index in [4.69, 9.17) is 10.5 Å². The molecule has 0 aromatic heterocycles. The van der Waals surface area contributed by atoms with Crippen LogP contribution in [0.15, 0.2) is 42.5 Å². The lowest BCUT2D eigenvalue weighted by Crippen LogP contribution is -2.06. The first-order valence-electron chi connectivity index (χ1n) is 7.33. The molecule has 2 rings (SSSR count). The molecule has 2 aromatic carbocycles. The molecule has 0 aliphatic heterocycles. The minimum absolute atomic E-state index is 0.260.